The van der Waals surface area contributed by atoms with Gasteiger partial charge in [0.25, 0.3) is 11.8 Å². The molecule has 3 amide bonds. The molecule has 0 saturated carbocycles. The van der Waals surface area contributed by atoms with Gasteiger partial charge in [0.2, 0.25) is 0 Å². The van der Waals surface area contributed by atoms with E-state index in [9.17, 15) is 14.4 Å². The van der Waals surface area contributed by atoms with Gasteiger partial charge in [-0.15, -0.1) is 0 Å². The first-order valence-electron chi connectivity index (χ1n) is 9.14. The van der Waals surface area contributed by atoms with Crippen LogP contribution < -0.4 is 20.7 Å². The summed E-state index contributed by atoms with van der Waals surface area (Å²) in [5, 5.41) is 8.07. The smallest absolute Gasteiger partial charge is 0.408 e. The van der Waals surface area contributed by atoms with Gasteiger partial charge in [0.15, 0.2) is 12.4 Å². The van der Waals surface area contributed by atoms with Crippen LogP contribution in [0, 0.1) is 0 Å². The molecule has 3 rings (SSSR count). The largest absolute Gasteiger partial charge is 0.479 e. The number of anilines is 2. The van der Waals surface area contributed by atoms with Gasteiger partial charge in [-0.05, 0) is 38.5 Å². The highest BCUT2D eigenvalue weighted by Crippen LogP contribution is 2.35. The van der Waals surface area contributed by atoms with E-state index in [1.807, 2.05) is 6.07 Å². The van der Waals surface area contributed by atoms with Crippen LogP contribution in [0.15, 0.2) is 48.5 Å². The summed E-state index contributed by atoms with van der Waals surface area (Å²) in [6, 6.07) is 12.9. The van der Waals surface area contributed by atoms with E-state index in [0.717, 1.165) is 0 Å². The highest BCUT2D eigenvalue weighted by Gasteiger charge is 2.27. The Kier molecular flexibility index (Phi) is 5.72. The number of benzene rings is 2. The summed E-state index contributed by atoms with van der Waals surface area (Å²) in [6.45, 7) is 5.09. The van der Waals surface area contributed by atoms with E-state index in [2.05, 4.69) is 16.0 Å². The predicted octanol–water partition coefficient (Wildman–Crippen LogP) is 3.22. The van der Waals surface area contributed by atoms with Gasteiger partial charge in [-0.25, -0.2) is 4.79 Å². The summed E-state index contributed by atoms with van der Waals surface area (Å²) in [7, 11) is 0. The monoisotopic (exact) mass is 397 g/mol. The lowest BCUT2D eigenvalue weighted by Crippen LogP contribution is -2.40. The molecule has 0 aromatic heterocycles. The van der Waals surface area contributed by atoms with Crippen molar-refractivity contribution in [3.63, 3.8) is 0 Å². The fraction of sp³-hybridized carbons (Fsp3) is 0.286. The summed E-state index contributed by atoms with van der Waals surface area (Å²) in [5.74, 6) is -0.379. The van der Waals surface area contributed by atoms with Gasteiger partial charge < -0.3 is 25.4 Å². The van der Waals surface area contributed by atoms with Gasteiger partial charge in [-0.2, -0.15) is 0 Å². The third-order valence-corrected chi connectivity index (χ3v) is 3.95. The minimum Gasteiger partial charge on any atom is -0.479 e. The molecule has 3 N–H and O–H groups in total. The van der Waals surface area contributed by atoms with Gasteiger partial charge >= 0.3 is 6.09 Å². The molecule has 1 aliphatic rings. The lowest BCUT2D eigenvalue weighted by atomic mass is 10.1. The van der Waals surface area contributed by atoms with E-state index in [1.165, 1.54) is 0 Å². The molecule has 1 heterocycles. The second-order valence-corrected chi connectivity index (χ2v) is 7.50. The van der Waals surface area contributed by atoms with Crippen molar-refractivity contribution in [3.05, 3.63) is 54.1 Å². The van der Waals surface area contributed by atoms with Crippen LogP contribution >= 0.6 is 0 Å². The maximum Gasteiger partial charge on any atom is 0.408 e. The lowest BCUT2D eigenvalue weighted by molar-refractivity contribution is -0.118. The maximum atomic E-state index is 13.0. The Morgan fingerprint density at radius 3 is 2.52 bits per heavy atom. The molecule has 2 aromatic rings. The Hall–Kier alpha value is -3.55. The molecular weight excluding hydrogens is 374 g/mol. The molecule has 1 atom stereocenters. The molecule has 0 bridgehead atoms. The molecule has 0 fully saturated rings. The topological polar surface area (TPSA) is 106 Å². The maximum absolute atomic E-state index is 13.0. The fourth-order valence-corrected chi connectivity index (χ4v) is 2.79. The lowest BCUT2D eigenvalue weighted by Gasteiger charge is -2.25. The van der Waals surface area contributed by atoms with Crippen molar-refractivity contribution in [2.24, 2.45) is 0 Å². The normalized spacial score (nSPS) is 14.0. The molecule has 0 radical (unpaired) electrons. The third-order valence-electron chi connectivity index (χ3n) is 3.95. The minimum atomic E-state index is -0.986. The van der Waals surface area contributed by atoms with Crippen LogP contribution in [0.3, 0.4) is 0 Å². The molecule has 8 nitrogen and oxygen atoms in total. The molecule has 1 unspecified atom stereocenters. The molecule has 0 spiro atoms. The number of nitrogens with one attached hydrogen (secondary N) is 3. The van der Waals surface area contributed by atoms with Gasteiger partial charge in [-0.3, -0.25) is 9.59 Å². The summed E-state index contributed by atoms with van der Waals surface area (Å²) >= 11 is 0. The zero-order chi connectivity index (χ0) is 21.0. The van der Waals surface area contributed by atoms with Crippen molar-refractivity contribution in [2.75, 3.05) is 17.2 Å². The number of amides is 3. The van der Waals surface area contributed by atoms with E-state index in [4.69, 9.17) is 9.47 Å². The van der Waals surface area contributed by atoms with E-state index < -0.39 is 23.6 Å². The summed E-state index contributed by atoms with van der Waals surface area (Å²) in [4.78, 5) is 36.8. The van der Waals surface area contributed by atoms with Gasteiger partial charge in [0.1, 0.15) is 11.6 Å². The number of rotatable bonds is 4. The quantitative estimate of drug-likeness (QED) is 0.735. The van der Waals surface area contributed by atoms with Crippen molar-refractivity contribution >= 4 is 29.3 Å². The molecule has 152 valence electrons. The van der Waals surface area contributed by atoms with Crippen LogP contribution in [0.5, 0.6) is 5.75 Å². The number of para-hydroxylation sites is 1. The predicted molar refractivity (Wildman–Crippen MR) is 108 cm³/mol. The number of hydrogen-bond donors (Lipinski definition) is 3. The van der Waals surface area contributed by atoms with E-state index in [1.54, 1.807) is 63.2 Å². The number of ether oxygens (including phenoxy) is 2. The molecule has 29 heavy (non-hydrogen) atoms. The van der Waals surface area contributed by atoms with Crippen LogP contribution in [0.1, 0.15) is 32.4 Å². The van der Waals surface area contributed by atoms with E-state index >= 15 is 0 Å². The summed E-state index contributed by atoms with van der Waals surface area (Å²) in [5.41, 5.74) is 0.747. The van der Waals surface area contributed by atoms with Crippen molar-refractivity contribution in [1.29, 1.82) is 0 Å². The summed E-state index contributed by atoms with van der Waals surface area (Å²) < 4.78 is 10.8. The van der Waals surface area contributed by atoms with Crippen molar-refractivity contribution < 1.29 is 23.9 Å². The molecule has 1 aliphatic heterocycles. The van der Waals surface area contributed by atoms with Crippen LogP contribution in [0.2, 0.25) is 0 Å². The average molecular weight is 397 g/mol. The summed E-state index contributed by atoms with van der Waals surface area (Å²) in [6.07, 6.45) is -0.708. The molecule has 0 aliphatic carbocycles. The van der Waals surface area contributed by atoms with Crippen LogP contribution in [-0.2, 0) is 14.3 Å². The highest BCUT2D eigenvalue weighted by atomic mass is 16.6. The van der Waals surface area contributed by atoms with Gasteiger partial charge in [0.05, 0.1) is 11.4 Å². The molecular formula is C21H23N3O5. The second-order valence-electron chi connectivity index (χ2n) is 7.50. The first kappa shape index (κ1) is 20.2. The van der Waals surface area contributed by atoms with Gasteiger partial charge in [-0.1, -0.05) is 36.4 Å². The number of carbonyl (C=O) groups excluding carboxylic acids is 3. The number of hydrogen-bond acceptors (Lipinski definition) is 5. The Morgan fingerprint density at radius 2 is 1.83 bits per heavy atom. The molecule has 8 heteroatoms. The third kappa shape index (κ3) is 5.25. The Morgan fingerprint density at radius 1 is 1.10 bits per heavy atom. The highest BCUT2D eigenvalue weighted by molar-refractivity contribution is 6.02. The Labute approximate surface area is 168 Å². The van der Waals surface area contributed by atoms with Crippen molar-refractivity contribution in [3.8, 4) is 5.75 Å². The van der Waals surface area contributed by atoms with Crippen molar-refractivity contribution in [1.82, 2.24) is 5.32 Å². The van der Waals surface area contributed by atoms with Crippen LogP contribution in [-0.4, -0.2) is 30.1 Å². The molecule has 2 aromatic carbocycles. The SMILES string of the molecule is CC(C)(C)OC(=O)NC(C(=O)Nc1cccc2c1OCC(=O)N2)c1ccccc1. The van der Waals surface area contributed by atoms with Crippen LogP contribution in [0.25, 0.3) is 0 Å². The Balaban J connectivity index is 1.83. The zero-order valence-electron chi connectivity index (χ0n) is 16.4. The van der Waals surface area contributed by atoms with E-state index in [-0.39, 0.29) is 12.5 Å². The van der Waals surface area contributed by atoms with Crippen molar-refractivity contribution in [2.45, 2.75) is 32.4 Å². The Bertz CT molecular complexity index is 922. The number of fused-ring (bicyclic) bond motifs is 1. The first-order chi connectivity index (χ1) is 13.7. The molecule has 0 saturated heterocycles. The first-order valence-corrected chi connectivity index (χ1v) is 9.14. The number of carbonyl (C=O) groups is 3. The van der Waals surface area contributed by atoms with E-state index in [0.29, 0.717) is 22.7 Å². The number of alkyl carbamates (subject to hydrolysis) is 1. The van der Waals surface area contributed by atoms with Gasteiger partial charge in [0, 0.05) is 0 Å². The fourth-order valence-electron chi connectivity index (χ4n) is 2.79. The second kappa shape index (κ2) is 8.22. The average Bonchev–Trinajstić information content (AvgIpc) is 2.65. The van der Waals surface area contributed by atoms with Crippen LogP contribution in [0.4, 0.5) is 16.2 Å². The standard InChI is InChI=1S/C21H23N3O5/c1-21(2,3)29-20(27)24-17(13-8-5-4-6-9-13)19(26)23-15-11-7-10-14-18(15)28-12-16(25)22-14/h4-11,17H,12H2,1-3H3,(H,22,25)(H,23,26)(H,24,27). The minimum absolute atomic E-state index is 0.141. The zero-order valence-corrected chi connectivity index (χ0v) is 16.4.